The van der Waals surface area contributed by atoms with E-state index in [1.807, 2.05) is 18.7 Å². The Morgan fingerprint density at radius 2 is 1.85 bits per heavy atom. The molecule has 8 nitrogen and oxygen atoms in total. The minimum atomic E-state index is -0.370. The first-order chi connectivity index (χ1) is 16.2. The summed E-state index contributed by atoms with van der Waals surface area (Å²) in [5.74, 6) is -0.653. The number of nitrogens with one attached hydrogen (secondary N) is 1. The number of hydrogen-bond acceptors (Lipinski definition) is 6. The van der Waals surface area contributed by atoms with Crippen molar-refractivity contribution in [1.82, 2.24) is 19.7 Å². The van der Waals surface area contributed by atoms with Gasteiger partial charge in [0.25, 0.3) is 5.91 Å². The number of benzene rings is 1. The lowest BCUT2D eigenvalue weighted by Gasteiger charge is -2.34. The first kappa shape index (κ1) is 26.4. The van der Waals surface area contributed by atoms with Crippen molar-refractivity contribution < 1.29 is 14.4 Å². The Labute approximate surface area is 213 Å². The second-order valence-corrected chi connectivity index (χ2v) is 10.0. The van der Waals surface area contributed by atoms with Gasteiger partial charge in [-0.2, -0.15) is 0 Å². The lowest BCUT2D eigenvalue weighted by molar-refractivity contribution is -0.132. The van der Waals surface area contributed by atoms with E-state index in [0.717, 1.165) is 32.7 Å². The van der Waals surface area contributed by atoms with E-state index in [0.29, 0.717) is 21.4 Å². The molecule has 1 N–H and O–H groups in total. The van der Waals surface area contributed by atoms with E-state index in [-0.39, 0.29) is 41.8 Å². The molecule has 0 aliphatic carbocycles. The molecule has 1 saturated heterocycles. The molecule has 0 radical (unpaired) electrons. The van der Waals surface area contributed by atoms with Gasteiger partial charge < -0.3 is 20.0 Å². The van der Waals surface area contributed by atoms with Crippen LogP contribution in [0.25, 0.3) is 0 Å². The van der Waals surface area contributed by atoms with E-state index < -0.39 is 0 Å². The van der Waals surface area contributed by atoms with Gasteiger partial charge >= 0.3 is 0 Å². The Bertz CT molecular complexity index is 1040. The summed E-state index contributed by atoms with van der Waals surface area (Å²) in [6, 6.07) is 4.41. The molecule has 1 fully saturated rings. The molecule has 0 unspecified atom stereocenters. The fraction of sp³-hybridized carbons (Fsp3) is 0.478. The van der Waals surface area contributed by atoms with Gasteiger partial charge in [0.15, 0.2) is 5.13 Å². The van der Waals surface area contributed by atoms with Gasteiger partial charge in [-0.15, -0.1) is 11.3 Å². The number of amides is 3. The first-order valence-corrected chi connectivity index (χ1v) is 12.8. The molecule has 3 rings (SSSR count). The molecule has 0 atom stereocenters. The molecule has 184 valence electrons. The van der Waals surface area contributed by atoms with E-state index in [1.54, 1.807) is 17.5 Å². The molecule has 0 bridgehead atoms. The van der Waals surface area contributed by atoms with Crippen molar-refractivity contribution in [3.05, 3.63) is 44.9 Å². The Kier molecular flexibility index (Phi) is 9.30. The Balaban J connectivity index is 1.56. The number of carbonyl (C=O) groups is 3. The number of anilines is 1. The van der Waals surface area contributed by atoms with Crippen molar-refractivity contribution >= 4 is 57.4 Å². The first-order valence-electron chi connectivity index (χ1n) is 11.2. The fourth-order valence-electron chi connectivity index (χ4n) is 3.62. The standard InChI is InChI=1S/C23H29Cl2N5O3S/c1-4-28-7-9-29(10-8-28)21(32)12-17-14-34-23(26-17)27-20(31)13-30(15(2)3)22(33)16-5-6-18(24)19(25)11-16/h5-6,11,14-15H,4,7-10,12-13H2,1-3H3,(H,26,27,31). The van der Waals surface area contributed by atoms with Gasteiger partial charge in [-0.25, -0.2) is 4.98 Å². The molecule has 34 heavy (non-hydrogen) atoms. The van der Waals surface area contributed by atoms with Gasteiger partial charge in [0.2, 0.25) is 11.8 Å². The van der Waals surface area contributed by atoms with Gasteiger partial charge in [-0.3, -0.25) is 14.4 Å². The number of piperazine rings is 1. The van der Waals surface area contributed by atoms with Crippen LogP contribution in [0.4, 0.5) is 5.13 Å². The largest absolute Gasteiger partial charge is 0.340 e. The minimum Gasteiger partial charge on any atom is -0.340 e. The second kappa shape index (κ2) is 12.0. The third kappa shape index (κ3) is 6.91. The third-order valence-corrected chi connectivity index (χ3v) is 7.21. The summed E-state index contributed by atoms with van der Waals surface area (Å²) in [5.41, 5.74) is 0.974. The maximum atomic E-state index is 12.9. The van der Waals surface area contributed by atoms with Crippen LogP contribution in [0.1, 0.15) is 36.8 Å². The van der Waals surface area contributed by atoms with E-state index in [2.05, 4.69) is 22.1 Å². The highest BCUT2D eigenvalue weighted by atomic mass is 35.5. The zero-order chi connectivity index (χ0) is 24.8. The normalized spacial score (nSPS) is 14.4. The maximum absolute atomic E-state index is 12.9. The number of hydrogen-bond donors (Lipinski definition) is 1. The van der Waals surface area contributed by atoms with Crippen molar-refractivity contribution in [3.63, 3.8) is 0 Å². The number of rotatable bonds is 8. The predicted octanol–water partition coefficient (Wildman–Crippen LogP) is 3.65. The van der Waals surface area contributed by atoms with Crippen LogP contribution in [0.2, 0.25) is 10.0 Å². The third-order valence-electron chi connectivity index (χ3n) is 5.67. The van der Waals surface area contributed by atoms with Gasteiger partial charge in [-0.1, -0.05) is 30.1 Å². The highest BCUT2D eigenvalue weighted by molar-refractivity contribution is 7.13. The molecule has 1 aromatic heterocycles. The van der Waals surface area contributed by atoms with Crippen molar-refractivity contribution in [2.45, 2.75) is 33.2 Å². The van der Waals surface area contributed by atoms with Crippen LogP contribution in [-0.2, 0) is 16.0 Å². The molecule has 11 heteroatoms. The van der Waals surface area contributed by atoms with E-state index in [4.69, 9.17) is 23.2 Å². The Morgan fingerprint density at radius 1 is 1.15 bits per heavy atom. The van der Waals surface area contributed by atoms with Crippen molar-refractivity contribution in [3.8, 4) is 0 Å². The van der Waals surface area contributed by atoms with Crippen LogP contribution in [0.3, 0.4) is 0 Å². The van der Waals surface area contributed by atoms with Crippen molar-refractivity contribution in [2.24, 2.45) is 0 Å². The van der Waals surface area contributed by atoms with Crippen LogP contribution in [0.5, 0.6) is 0 Å². The number of thiazole rings is 1. The molecule has 1 aliphatic heterocycles. The maximum Gasteiger partial charge on any atom is 0.254 e. The number of likely N-dealkylation sites (N-methyl/N-ethyl adjacent to an activating group) is 1. The molecule has 1 aromatic carbocycles. The quantitative estimate of drug-likeness (QED) is 0.568. The summed E-state index contributed by atoms with van der Waals surface area (Å²) in [5, 5.41) is 5.54. The number of aromatic nitrogens is 1. The van der Waals surface area contributed by atoms with E-state index >= 15 is 0 Å². The topological polar surface area (TPSA) is 85.9 Å². The van der Waals surface area contributed by atoms with Crippen LogP contribution >= 0.6 is 34.5 Å². The van der Waals surface area contributed by atoms with E-state index in [1.165, 1.54) is 22.3 Å². The predicted molar refractivity (Wildman–Crippen MR) is 136 cm³/mol. The summed E-state index contributed by atoms with van der Waals surface area (Å²) in [7, 11) is 0. The summed E-state index contributed by atoms with van der Waals surface area (Å²) in [6.07, 6.45) is 0.201. The minimum absolute atomic E-state index is 0.0390. The molecular formula is C23H29Cl2N5O3S. The van der Waals surface area contributed by atoms with Gasteiger partial charge in [0.05, 0.1) is 22.2 Å². The van der Waals surface area contributed by atoms with Gasteiger partial charge in [0.1, 0.15) is 6.54 Å². The average Bonchev–Trinajstić information content (AvgIpc) is 3.25. The lowest BCUT2D eigenvalue weighted by atomic mass is 10.1. The van der Waals surface area contributed by atoms with Crippen LogP contribution in [-0.4, -0.2) is 82.7 Å². The van der Waals surface area contributed by atoms with Crippen LogP contribution < -0.4 is 5.32 Å². The number of halogens is 2. The van der Waals surface area contributed by atoms with E-state index in [9.17, 15) is 14.4 Å². The van der Waals surface area contributed by atoms with Crippen molar-refractivity contribution in [2.75, 3.05) is 44.6 Å². The molecule has 1 aliphatic rings. The molecule has 2 aromatic rings. The summed E-state index contributed by atoms with van der Waals surface area (Å²) in [6.45, 7) is 9.83. The SMILES string of the molecule is CCN1CCN(C(=O)Cc2csc(NC(=O)CN(C(=O)c3ccc(Cl)c(Cl)c3)C(C)C)n2)CC1. The smallest absolute Gasteiger partial charge is 0.254 e. The second-order valence-electron chi connectivity index (χ2n) is 8.34. The zero-order valence-electron chi connectivity index (χ0n) is 19.5. The van der Waals surface area contributed by atoms with Gasteiger partial charge in [-0.05, 0) is 38.6 Å². The Hall–Kier alpha value is -2.20. The summed E-state index contributed by atoms with van der Waals surface area (Å²) < 4.78 is 0. The van der Waals surface area contributed by atoms with Crippen molar-refractivity contribution in [1.29, 1.82) is 0 Å². The molecule has 0 saturated carbocycles. The lowest BCUT2D eigenvalue weighted by Crippen LogP contribution is -2.48. The number of nitrogens with zero attached hydrogens (tertiary/aromatic N) is 4. The highest BCUT2D eigenvalue weighted by Crippen LogP contribution is 2.24. The molecular weight excluding hydrogens is 497 g/mol. The molecule has 3 amide bonds. The number of carbonyl (C=O) groups excluding carboxylic acids is 3. The molecule has 0 spiro atoms. The zero-order valence-corrected chi connectivity index (χ0v) is 21.8. The average molecular weight is 526 g/mol. The van der Waals surface area contributed by atoms with Gasteiger partial charge in [0, 0.05) is 43.2 Å². The monoisotopic (exact) mass is 525 g/mol. The Morgan fingerprint density at radius 3 is 2.47 bits per heavy atom. The molecule has 2 heterocycles. The fourth-order valence-corrected chi connectivity index (χ4v) is 4.65. The summed E-state index contributed by atoms with van der Waals surface area (Å²) >= 11 is 13.2. The highest BCUT2D eigenvalue weighted by Gasteiger charge is 2.24. The van der Waals surface area contributed by atoms with Crippen LogP contribution in [0, 0.1) is 0 Å². The van der Waals surface area contributed by atoms with Crippen LogP contribution in [0.15, 0.2) is 23.6 Å². The summed E-state index contributed by atoms with van der Waals surface area (Å²) in [4.78, 5) is 48.2.